The second-order valence-electron chi connectivity index (χ2n) is 11.9. The highest BCUT2D eigenvalue weighted by Gasteiger charge is 2.34. The maximum absolute atomic E-state index is 13.3. The average Bonchev–Trinajstić information content (AvgIpc) is 2.79. The molecule has 2 aliphatic heterocycles. The van der Waals surface area contributed by atoms with Crippen molar-refractivity contribution in [3.63, 3.8) is 0 Å². The largest absolute Gasteiger partial charge is 0.493 e. The summed E-state index contributed by atoms with van der Waals surface area (Å²) in [5, 5.41) is 3.47. The van der Waals surface area contributed by atoms with Crippen molar-refractivity contribution in [2.75, 3.05) is 53.4 Å². The number of carbonyl (C=O) groups excluding carboxylic acids is 1. The lowest BCUT2D eigenvalue weighted by molar-refractivity contribution is -0.139. The molecule has 2 saturated heterocycles. The van der Waals surface area contributed by atoms with Crippen LogP contribution in [0.3, 0.4) is 0 Å². The average molecular weight is 487 g/mol. The van der Waals surface area contributed by atoms with Crippen LogP contribution in [-0.4, -0.2) is 86.1 Å². The number of piperazine rings is 1. The van der Waals surface area contributed by atoms with Crippen LogP contribution in [0.4, 0.5) is 0 Å². The second kappa shape index (κ2) is 13.6. The first-order valence-electron chi connectivity index (χ1n) is 13.8. The first-order valence-corrected chi connectivity index (χ1v) is 13.8. The number of nitrogens with zero attached hydrogens (tertiary/aromatic N) is 3. The molecule has 0 saturated carbocycles. The fourth-order valence-corrected chi connectivity index (χ4v) is 5.57. The molecule has 0 bridgehead atoms. The molecule has 2 heterocycles. The molecule has 0 radical (unpaired) electrons. The maximum atomic E-state index is 13.3. The molecule has 35 heavy (non-hydrogen) atoms. The van der Waals surface area contributed by atoms with Gasteiger partial charge in [0.15, 0.2) is 0 Å². The van der Waals surface area contributed by atoms with E-state index in [-0.39, 0.29) is 6.04 Å². The molecule has 6 nitrogen and oxygen atoms in total. The highest BCUT2D eigenvalue weighted by Crippen LogP contribution is 2.24. The van der Waals surface area contributed by atoms with Gasteiger partial charge in [-0.15, -0.1) is 0 Å². The lowest BCUT2D eigenvalue weighted by atomic mass is 9.94. The van der Waals surface area contributed by atoms with E-state index < -0.39 is 0 Å². The summed E-state index contributed by atoms with van der Waals surface area (Å²) in [6.07, 6.45) is 4.33. The number of carbonyl (C=O) groups is 1. The molecule has 2 fully saturated rings. The van der Waals surface area contributed by atoms with Gasteiger partial charge in [-0.1, -0.05) is 39.8 Å². The predicted molar refractivity (Wildman–Crippen MR) is 145 cm³/mol. The molecular weight excluding hydrogens is 436 g/mol. The van der Waals surface area contributed by atoms with E-state index >= 15 is 0 Å². The molecule has 1 aromatic carbocycles. The summed E-state index contributed by atoms with van der Waals surface area (Å²) < 4.78 is 6.19. The molecule has 198 valence electrons. The molecule has 2 atom stereocenters. The van der Waals surface area contributed by atoms with Crippen LogP contribution in [0, 0.1) is 17.8 Å². The van der Waals surface area contributed by atoms with Gasteiger partial charge in [-0.2, -0.15) is 0 Å². The van der Waals surface area contributed by atoms with Crippen molar-refractivity contribution < 1.29 is 9.53 Å². The summed E-state index contributed by atoms with van der Waals surface area (Å²) in [5.74, 6) is 3.01. The van der Waals surface area contributed by atoms with Crippen molar-refractivity contribution in [1.82, 2.24) is 20.0 Å². The number of hydrogen-bond acceptors (Lipinski definition) is 5. The number of rotatable bonds is 12. The number of benzene rings is 1. The van der Waals surface area contributed by atoms with Crippen molar-refractivity contribution in [2.24, 2.45) is 17.8 Å². The molecule has 1 aromatic rings. The summed E-state index contributed by atoms with van der Waals surface area (Å²) in [6.45, 7) is 15.6. The third-order valence-corrected chi connectivity index (χ3v) is 7.28. The van der Waals surface area contributed by atoms with Crippen LogP contribution >= 0.6 is 0 Å². The van der Waals surface area contributed by atoms with Crippen molar-refractivity contribution in [1.29, 1.82) is 0 Å². The fourth-order valence-electron chi connectivity index (χ4n) is 5.57. The Morgan fingerprint density at radius 3 is 2.49 bits per heavy atom. The number of ether oxygens (including phenoxy) is 1. The van der Waals surface area contributed by atoms with E-state index in [4.69, 9.17) is 4.74 Å². The van der Waals surface area contributed by atoms with Gasteiger partial charge in [-0.3, -0.25) is 4.79 Å². The number of nitrogens with one attached hydrogen (secondary N) is 1. The lowest BCUT2D eigenvalue weighted by Crippen LogP contribution is -2.60. The third kappa shape index (κ3) is 9.07. The van der Waals surface area contributed by atoms with Crippen molar-refractivity contribution in [2.45, 2.75) is 72.0 Å². The summed E-state index contributed by atoms with van der Waals surface area (Å²) in [7, 11) is 4.18. The van der Waals surface area contributed by atoms with E-state index in [1.165, 1.54) is 5.56 Å². The minimum atomic E-state index is -0.0162. The quantitative estimate of drug-likeness (QED) is 0.482. The molecule has 6 heteroatoms. The van der Waals surface area contributed by atoms with Gasteiger partial charge in [0, 0.05) is 32.2 Å². The molecule has 0 unspecified atom stereocenters. The van der Waals surface area contributed by atoms with Gasteiger partial charge in [-0.05, 0) is 88.3 Å². The number of hydrogen-bond donors (Lipinski definition) is 1. The van der Waals surface area contributed by atoms with Gasteiger partial charge < -0.3 is 24.8 Å². The Balaban J connectivity index is 1.49. The number of likely N-dealkylation sites (tertiary alicyclic amines) is 1. The molecular formula is C29H50N4O2. The van der Waals surface area contributed by atoms with E-state index in [2.05, 4.69) is 86.1 Å². The van der Waals surface area contributed by atoms with Crippen LogP contribution in [0.1, 0.15) is 58.9 Å². The van der Waals surface area contributed by atoms with Gasteiger partial charge in [-0.25, -0.2) is 0 Å². The Labute approximate surface area is 214 Å². The Kier molecular flexibility index (Phi) is 10.9. The summed E-state index contributed by atoms with van der Waals surface area (Å²) in [6, 6.07) is 8.79. The minimum Gasteiger partial charge on any atom is -0.493 e. The van der Waals surface area contributed by atoms with Crippen LogP contribution < -0.4 is 10.1 Å². The van der Waals surface area contributed by atoms with Gasteiger partial charge in [0.2, 0.25) is 5.91 Å². The second-order valence-corrected chi connectivity index (χ2v) is 11.9. The maximum Gasteiger partial charge on any atom is 0.240 e. The molecule has 3 rings (SSSR count). The van der Waals surface area contributed by atoms with Gasteiger partial charge >= 0.3 is 0 Å². The van der Waals surface area contributed by atoms with E-state index in [0.717, 1.165) is 77.3 Å². The monoisotopic (exact) mass is 486 g/mol. The summed E-state index contributed by atoms with van der Waals surface area (Å²) in [4.78, 5) is 20.3. The Morgan fingerprint density at radius 1 is 1.09 bits per heavy atom. The lowest BCUT2D eigenvalue weighted by Gasteiger charge is -2.43. The van der Waals surface area contributed by atoms with E-state index in [1.54, 1.807) is 0 Å². The zero-order chi connectivity index (χ0) is 25.4. The molecule has 0 aromatic heterocycles. The number of amides is 1. The molecule has 2 aliphatic rings. The Bertz CT molecular complexity index is 774. The first-order chi connectivity index (χ1) is 16.7. The summed E-state index contributed by atoms with van der Waals surface area (Å²) in [5.41, 5.74) is 1.29. The van der Waals surface area contributed by atoms with Crippen molar-refractivity contribution >= 4 is 5.91 Å². The first kappa shape index (κ1) is 27.9. The van der Waals surface area contributed by atoms with Crippen LogP contribution in [-0.2, 0) is 11.3 Å². The molecule has 1 N–H and O–H groups in total. The summed E-state index contributed by atoms with van der Waals surface area (Å²) >= 11 is 0. The van der Waals surface area contributed by atoms with Crippen LogP contribution in [0.2, 0.25) is 0 Å². The Hall–Kier alpha value is -1.63. The normalized spacial score (nSPS) is 21.3. The van der Waals surface area contributed by atoms with Gasteiger partial charge in [0.1, 0.15) is 5.75 Å². The van der Waals surface area contributed by atoms with E-state index in [9.17, 15) is 4.79 Å². The van der Waals surface area contributed by atoms with Gasteiger partial charge in [0.25, 0.3) is 0 Å². The SMILES string of the molecule is CC(C)C[C@@H](CN1CCC(COc2cccc(CN(C)C)c2)CC1)N1CCN[C@@H](CC(C)C)C1=O. The number of piperidine rings is 1. The van der Waals surface area contributed by atoms with Gasteiger partial charge in [0.05, 0.1) is 12.6 Å². The minimum absolute atomic E-state index is 0.0162. The van der Waals surface area contributed by atoms with Crippen molar-refractivity contribution in [3.8, 4) is 5.75 Å². The topological polar surface area (TPSA) is 48.1 Å². The fraction of sp³-hybridized carbons (Fsp3) is 0.759. The van der Waals surface area contributed by atoms with Crippen molar-refractivity contribution in [3.05, 3.63) is 29.8 Å². The zero-order valence-corrected chi connectivity index (χ0v) is 23.1. The molecule has 0 spiro atoms. The van der Waals surface area contributed by atoms with E-state index in [0.29, 0.717) is 29.7 Å². The van der Waals surface area contributed by atoms with Crippen LogP contribution in [0.15, 0.2) is 24.3 Å². The standard InChI is InChI=1S/C29H50N4O2/c1-22(2)16-26(33-15-12-30-28(29(33)34)17-23(3)4)20-32-13-10-24(11-14-32)21-35-27-9-7-8-25(18-27)19-31(5)6/h7-9,18,22-24,26,28,30H,10-17,19-21H2,1-6H3/t26-,28-/m0/s1. The Morgan fingerprint density at radius 2 is 1.83 bits per heavy atom. The third-order valence-electron chi connectivity index (χ3n) is 7.28. The molecule has 0 aliphatic carbocycles. The van der Waals surface area contributed by atoms with E-state index in [1.807, 2.05) is 0 Å². The predicted octanol–water partition coefficient (Wildman–Crippen LogP) is 4.10. The van der Waals surface area contributed by atoms with Crippen LogP contribution in [0.25, 0.3) is 0 Å². The highest BCUT2D eigenvalue weighted by molar-refractivity contribution is 5.83. The zero-order valence-electron chi connectivity index (χ0n) is 23.1. The molecule has 1 amide bonds. The van der Waals surface area contributed by atoms with Crippen LogP contribution in [0.5, 0.6) is 5.75 Å². The highest BCUT2D eigenvalue weighted by atomic mass is 16.5. The smallest absolute Gasteiger partial charge is 0.240 e.